The average Bonchev–Trinajstić information content (AvgIpc) is 3.00. The third-order valence-electron chi connectivity index (χ3n) is 1.94. The summed E-state index contributed by atoms with van der Waals surface area (Å²) in [4.78, 5) is 11.7. The summed E-state index contributed by atoms with van der Waals surface area (Å²) in [5, 5.41) is 9.07. The van der Waals surface area contributed by atoms with Crippen molar-refractivity contribution in [3.63, 3.8) is 0 Å². The molecule has 5 nitrogen and oxygen atoms in total. The first kappa shape index (κ1) is 12.3. The Bertz CT molecular complexity index is 406. The third-order valence-corrected chi connectivity index (χ3v) is 7.03. The molecule has 1 heterocycles. The first-order chi connectivity index (χ1) is 7.51. The number of esters is 1. The SMILES string of the molecule is NC1(C(I)C(=O)Oc2ccc(O)cc2)N[I-]1. The van der Waals surface area contributed by atoms with E-state index in [0.717, 1.165) is 0 Å². The first-order valence-corrected chi connectivity index (χ1v) is 7.77. The van der Waals surface area contributed by atoms with Crippen LogP contribution < -0.4 is 35.5 Å². The fourth-order valence-electron chi connectivity index (χ4n) is 1.00. The van der Waals surface area contributed by atoms with Crippen molar-refractivity contribution in [3.8, 4) is 11.5 Å². The van der Waals surface area contributed by atoms with E-state index in [9.17, 15) is 4.79 Å². The van der Waals surface area contributed by atoms with Gasteiger partial charge in [0.1, 0.15) is 0 Å². The molecule has 1 fully saturated rings. The minimum absolute atomic E-state index is 0.135. The maximum atomic E-state index is 11.7. The van der Waals surface area contributed by atoms with Crippen LogP contribution in [0.25, 0.3) is 0 Å². The molecule has 88 valence electrons. The summed E-state index contributed by atoms with van der Waals surface area (Å²) in [6, 6.07) is 6.00. The topological polar surface area (TPSA) is 94.5 Å². The van der Waals surface area contributed by atoms with Gasteiger partial charge in [0.05, 0.1) is 0 Å². The second-order valence-corrected chi connectivity index (χ2v) is 7.34. The Kier molecular flexibility index (Phi) is 3.56. The number of hydrogen-bond donors (Lipinski definition) is 3. The van der Waals surface area contributed by atoms with Crippen LogP contribution in [0.1, 0.15) is 0 Å². The van der Waals surface area contributed by atoms with Crippen LogP contribution in [0, 0.1) is 0 Å². The van der Waals surface area contributed by atoms with Crippen molar-refractivity contribution in [2.24, 2.45) is 5.73 Å². The fourth-order valence-corrected chi connectivity index (χ4v) is 3.82. The average molecular weight is 447 g/mol. The summed E-state index contributed by atoms with van der Waals surface area (Å²) in [5.74, 6) is 0.182. The molecular formula is C9H9I2N2O3-. The van der Waals surface area contributed by atoms with Crippen molar-refractivity contribution < 1.29 is 36.1 Å². The van der Waals surface area contributed by atoms with Gasteiger partial charge in [0.15, 0.2) is 0 Å². The van der Waals surface area contributed by atoms with E-state index >= 15 is 0 Å². The number of alkyl halides is 2. The van der Waals surface area contributed by atoms with Gasteiger partial charge in [0.25, 0.3) is 0 Å². The van der Waals surface area contributed by atoms with Crippen LogP contribution in [-0.4, -0.2) is 18.7 Å². The number of hydrogen-bond acceptors (Lipinski definition) is 5. The standard InChI is InChI=1S/C9H9I2N2O3/c10-7(9(12)11-13-9)8(15)16-6-3-1-5(14)2-4-6/h1-4,7,13-14H,12H2/q-1. The number of benzene rings is 1. The molecule has 0 saturated carbocycles. The van der Waals surface area contributed by atoms with Gasteiger partial charge < -0.3 is 0 Å². The van der Waals surface area contributed by atoms with Gasteiger partial charge >= 0.3 is 117 Å². The summed E-state index contributed by atoms with van der Waals surface area (Å²) in [6.07, 6.45) is 0. The van der Waals surface area contributed by atoms with Gasteiger partial charge in [-0.05, 0) is 0 Å². The molecule has 1 aliphatic heterocycles. The van der Waals surface area contributed by atoms with Gasteiger partial charge in [-0.1, -0.05) is 0 Å². The molecule has 1 saturated heterocycles. The Labute approximate surface area is 116 Å². The molecule has 2 unspecified atom stereocenters. The van der Waals surface area contributed by atoms with E-state index in [4.69, 9.17) is 15.6 Å². The number of carbonyl (C=O) groups is 1. The summed E-state index contributed by atoms with van der Waals surface area (Å²) in [6.45, 7) is 0. The molecule has 1 aromatic carbocycles. The molecule has 16 heavy (non-hydrogen) atoms. The molecule has 0 radical (unpaired) electrons. The Hall–Kier alpha value is -0.130. The van der Waals surface area contributed by atoms with Gasteiger partial charge in [-0.2, -0.15) is 0 Å². The molecule has 0 aliphatic carbocycles. The van der Waals surface area contributed by atoms with Gasteiger partial charge in [0.2, 0.25) is 0 Å². The third kappa shape index (κ3) is 2.76. The normalized spacial score (nSPS) is 25.4. The predicted molar refractivity (Wildman–Crippen MR) is 61.6 cm³/mol. The van der Waals surface area contributed by atoms with E-state index in [0.29, 0.717) is 5.75 Å². The molecule has 2 rings (SSSR count). The summed E-state index contributed by atoms with van der Waals surface area (Å²) in [7, 11) is 0. The zero-order valence-corrected chi connectivity index (χ0v) is 12.3. The van der Waals surface area contributed by atoms with E-state index < -0.39 is 3.67 Å². The van der Waals surface area contributed by atoms with Gasteiger partial charge in [0, 0.05) is 0 Å². The van der Waals surface area contributed by atoms with Crippen LogP contribution in [0.3, 0.4) is 0 Å². The first-order valence-electron chi connectivity index (χ1n) is 4.37. The van der Waals surface area contributed by atoms with Crippen LogP contribution >= 0.6 is 22.6 Å². The second-order valence-electron chi connectivity index (χ2n) is 3.23. The van der Waals surface area contributed by atoms with Crippen LogP contribution in [0.5, 0.6) is 11.5 Å². The Morgan fingerprint density at radius 3 is 2.62 bits per heavy atom. The number of nitrogens with two attached hydrogens (primary N) is 1. The number of rotatable bonds is 3. The van der Waals surface area contributed by atoms with Crippen molar-refractivity contribution in [1.29, 1.82) is 0 Å². The number of ether oxygens (including phenoxy) is 1. The molecule has 0 amide bonds. The Morgan fingerprint density at radius 1 is 1.56 bits per heavy atom. The van der Waals surface area contributed by atoms with Crippen molar-refractivity contribution in [1.82, 2.24) is 3.53 Å². The number of phenolic OH excluding ortho intramolecular Hbond substituents is 1. The van der Waals surface area contributed by atoms with Crippen molar-refractivity contribution >= 4 is 28.6 Å². The molecule has 1 aliphatic rings. The van der Waals surface area contributed by atoms with E-state index in [-0.39, 0.29) is 37.1 Å². The van der Waals surface area contributed by atoms with Crippen molar-refractivity contribution in [3.05, 3.63) is 24.3 Å². The molecule has 0 bridgehead atoms. The summed E-state index contributed by atoms with van der Waals surface area (Å²) < 4.78 is 7.26. The maximum absolute atomic E-state index is 11.7. The summed E-state index contributed by atoms with van der Waals surface area (Å²) in [5.41, 5.74) is 5.86. The molecule has 1 aromatic rings. The number of halogens is 2. The zero-order chi connectivity index (χ0) is 11.8. The molecule has 7 heteroatoms. The van der Waals surface area contributed by atoms with Crippen LogP contribution in [-0.2, 0) is 4.79 Å². The van der Waals surface area contributed by atoms with Crippen molar-refractivity contribution in [2.45, 2.75) is 7.59 Å². The number of phenols is 1. The van der Waals surface area contributed by atoms with Crippen LogP contribution in [0.4, 0.5) is 0 Å². The number of nitrogens with one attached hydrogen (secondary N) is 1. The monoisotopic (exact) mass is 447 g/mol. The molecule has 0 spiro atoms. The fraction of sp³-hybridized carbons (Fsp3) is 0.222. The second kappa shape index (κ2) is 4.63. The molecule has 2 atom stereocenters. The van der Waals surface area contributed by atoms with Crippen molar-refractivity contribution in [2.75, 3.05) is 0 Å². The van der Waals surface area contributed by atoms with Crippen LogP contribution in [0.2, 0.25) is 0 Å². The molecular weight excluding hydrogens is 438 g/mol. The number of carbonyl (C=O) groups excluding carboxylic acids is 1. The van der Waals surface area contributed by atoms with Gasteiger partial charge in [-0.15, -0.1) is 0 Å². The zero-order valence-electron chi connectivity index (χ0n) is 7.98. The van der Waals surface area contributed by atoms with E-state index in [1.54, 1.807) is 0 Å². The summed E-state index contributed by atoms with van der Waals surface area (Å²) >= 11 is 1.70. The van der Waals surface area contributed by atoms with Gasteiger partial charge in [-0.3, -0.25) is 0 Å². The Morgan fingerprint density at radius 2 is 2.12 bits per heavy atom. The minimum atomic E-state index is -0.520. The molecule has 4 N–H and O–H groups in total. The van der Waals surface area contributed by atoms with E-state index in [2.05, 4.69) is 3.53 Å². The van der Waals surface area contributed by atoms with E-state index in [1.165, 1.54) is 24.3 Å². The van der Waals surface area contributed by atoms with Crippen LogP contribution in [0.15, 0.2) is 24.3 Å². The Balaban J connectivity index is 1.99. The number of aromatic hydroxyl groups is 1. The quantitative estimate of drug-likeness (QED) is 0.0894. The molecule has 0 aromatic heterocycles. The predicted octanol–water partition coefficient (Wildman–Crippen LogP) is -2.68. The van der Waals surface area contributed by atoms with Gasteiger partial charge in [-0.25, -0.2) is 0 Å². The van der Waals surface area contributed by atoms with E-state index in [1.807, 2.05) is 22.6 Å².